The first kappa shape index (κ1) is 17.2. The number of halogens is 1. The zero-order valence-corrected chi connectivity index (χ0v) is 15.3. The monoisotopic (exact) mass is 384 g/mol. The minimum atomic E-state index is 0.415. The third-order valence-corrected chi connectivity index (χ3v) is 4.11. The Balaban J connectivity index is 1.54. The molecule has 0 bridgehead atoms. The number of rotatable bonds is 5. The number of methoxy groups -OCH3 is 1. The average molecular weight is 385 g/mol. The lowest BCUT2D eigenvalue weighted by Crippen LogP contribution is -2.15. The molecule has 4 rings (SSSR count). The highest BCUT2D eigenvalue weighted by molar-refractivity contribution is 6.31. The van der Waals surface area contributed by atoms with Crippen molar-refractivity contribution in [2.24, 2.45) is 0 Å². The van der Waals surface area contributed by atoms with Gasteiger partial charge in [0, 0.05) is 23.0 Å². The van der Waals surface area contributed by atoms with Crippen molar-refractivity contribution in [3.63, 3.8) is 0 Å². The maximum Gasteiger partial charge on any atom is 0.229 e. The van der Waals surface area contributed by atoms with Gasteiger partial charge in [-0.1, -0.05) is 11.6 Å². The van der Waals surface area contributed by atoms with E-state index in [-0.39, 0.29) is 0 Å². The molecular weight excluding hydrogens is 368 g/mol. The number of benzene rings is 2. The molecule has 0 spiro atoms. The minimum Gasteiger partial charge on any atom is -0.495 e. The van der Waals surface area contributed by atoms with Gasteiger partial charge in [-0.2, -0.15) is 4.98 Å². The second kappa shape index (κ2) is 7.59. The Morgan fingerprint density at radius 1 is 1.00 bits per heavy atom. The predicted octanol–water partition coefficient (Wildman–Crippen LogP) is 4.40. The average Bonchev–Trinajstić information content (AvgIpc) is 2.68. The normalized spacial score (nSPS) is 12.4. The first-order chi connectivity index (χ1) is 13.2. The fourth-order valence-corrected chi connectivity index (χ4v) is 2.83. The Kier molecular flexibility index (Phi) is 4.84. The molecule has 2 N–H and O–H groups in total. The maximum absolute atomic E-state index is 6.07. The lowest BCUT2D eigenvalue weighted by molar-refractivity contribution is 0.171. The summed E-state index contributed by atoms with van der Waals surface area (Å²) in [5.74, 6) is 3.14. The molecule has 0 saturated carbocycles. The Morgan fingerprint density at radius 3 is 2.70 bits per heavy atom. The highest BCUT2D eigenvalue weighted by Crippen LogP contribution is 2.34. The van der Waals surface area contributed by atoms with E-state index in [0.717, 1.165) is 11.4 Å². The van der Waals surface area contributed by atoms with Crippen molar-refractivity contribution >= 4 is 34.7 Å². The summed E-state index contributed by atoms with van der Waals surface area (Å²) in [6, 6.07) is 12.7. The third kappa shape index (κ3) is 3.98. The van der Waals surface area contributed by atoms with Gasteiger partial charge in [-0.25, -0.2) is 4.98 Å². The number of hydrogen-bond donors (Lipinski definition) is 2. The summed E-state index contributed by atoms with van der Waals surface area (Å²) in [5.41, 5.74) is 1.52. The number of ether oxygens (including phenoxy) is 3. The van der Waals surface area contributed by atoms with Gasteiger partial charge in [0.05, 0.1) is 12.8 Å². The van der Waals surface area contributed by atoms with E-state index in [1.807, 2.05) is 18.2 Å². The van der Waals surface area contributed by atoms with Crippen LogP contribution in [0.4, 0.5) is 23.1 Å². The van der Waals surface area contributed by atoms with Gasteiger partial charge >= 0.3 is 0 Å². The molecule has 0 saturated heterocycles. The second-order valence-electron chi connectivity index (χ2n) is 5.72. The summed E-state index contributed by atoms with van der Waals surface area (Å²) >= 11 is 6.07. The molecule has 2 aromatic carbocycles. The van der Waals surface area contributed by atoms with Crippen LogP contribution in [0.2, 0.25) is 5.02 Å². The Labute approximate surface area is 161 Å². The zero-order valence-electron chi connectivity index (χ0n) is 14.5. The molecule has 1 aliphatic heterocycles. The fourth-order valence-electron chi connectivity index (χ4n) is 2.66. The number of aromatic nitrogens is 2. The van der Waals surface area contributed by atoms with E-state index in [0.29, 0.717) is 47.2 Å². The van der Waals surface area contributed by atoms with Gasteiger partial charge in [0.1, 0.15) is 24.8 Å². The standard InChI is InChI=1S/C19H17ClN4O3/c1-25-15-4-2-12(20)10-14(15)23-19-21-7-6-18(24-19)22-13-3-5-16-17(11-13)27-9-8-26-16/h2-7,10-11H,8-9H2,1H3,(H2,21,22,23,24). The molecule has 1 aliphatic rings. The molecule has 0 unspecified atom stereocenters. The second-order valence-corrected chi connectivity index (χ2v) is 6.15. The molecule has 138 valence electrons. The molecule has 1 aromatic heterocycles. The highest BCUT2D eigenvalue weighted by Gasteiger charge is 2.12. The molecule has 2 heterocycles. The lowest BCUT2D eigenvalue weighted by atomic mass is 10.2. The van der Waals surface area contributed by atoms with E-state index in [1.165, 1.54) is 0 Å². The van der Waals surface area contributed by atoms with Gasteiger partial charge < -0.3 is 24.8 Å². The van der Waals surface area contributed by atoms with Crippen molar-refractivity contribution in [2.45, 2.75) is 0 Å². The summed E-state index contributed by atoms with van der Waals surface area (Å²) in [6.07, 6.45) is 1.66. The van der Waals surface area contributed by atoms with Crippen molar-refractivity contribution in [3.8, 4) is 17.2 Å². The third-order valence-electron chi connectivity index (χ3n) is 3.88. The van der Waals surface area contributed by atoms with Crippen LogP contribution in [0.15, 0.2) is 48.7 Å². The van der Waals surface area contributed by atoms with Gasteiger partial charge in [-0.15, -0.1) is 0 Å². The van der Waals surface area contributed by atoms with Crippen LogP contribution in [0.5, 0.6) is 17.2 Å². The fraction of sp³-hybridized carbons (Fsp3) is 0.158. The first-order valence-electron chi connectivity index (χ1n) is 8.31. The van der Waals surface area contributed by atoms with Crippen LogP contribution in [0.1, 0.15) is 0 Å². The van der Waals surface area contributed by atoms with Crippen molar-refractivity contribution < 1.29 is 14.2 Å². The topological polar surface area (TPSA) is 77.5 Å². The highest BCUT2D eigenvalue weighted by atomic mass is 35.5. The van der Waals surface area contributed by atoms with Crippen molar-refractivity contribution in [2.75, 3.05) is 31.0 Å². The molecule has 8 heteroatoms. The molecular formula is C19H17ClN4O3. The Hall–Kier alpha value is -3.19. The summed E-state index contributed by atoms with van der Waals surface area (Å²) in [7, 11) is 1.59. The maximum atomic E-state index is 6.07. The van der Waals surface area contributed by atoms with Crippen molar-refractivity contribution in [3.05, 3.63) is 53.7 Å². The summed E-state index contributed by atoms with van der Waals surface area (Å²) in [5, 5.41) is 6.95. The van der Waals surface area contributed by atoms with Crippen LogP contribution in [0.25, 0.3) is 0 Å². The number of hydrogen-bond acceptors (Lipinski definition) is 7. The van der Waals surface area contributed by atoms with Crippen LogP contribution >= 0.6 is 11.6 Å². The van der Waals surface area contributed by atoms with Crippen LogP contribution in [0, 0.1) is 0 Å². The SMILES string of the molecule is COc1ccc(Cl)cc1Nc1nccc(Nc2ccc3c(c2)OCCO3)n1. The smallest absolute Gasteiger partial charge is 0.229 e. The van der Waals surface area contributed by atoms with E-state index >= 15 is 0 Å². The minimum absolute atomic E-state index is 0.415. The summed E-state index contributed by atoms with van der Waals surface area (Å²) in [4.78, 5) is 8.72. The molecule has 3 aromatic rings. The molecule has 0 radical (unpaired) electrons. The summed E-state index contributed by atoms with van der Waals surface area (Å²) < 4.78 is 16.5. The van der Waals surface area contributed by atoms with Crippen LogP contribution in [0.3, 0.4) is 0 Å². The Bertz CT molecular complexity index is 967. The number of fused-ring (bicyclic) bond motifs is 1. The molecule has 0 fully saturated rings. The first-order valence-corrected chi connectivity index (χ1v) is 8.69. The van der Waals surface area contributed by atoms with Gasteiger partial charge in [-0.05, 0) is 36.4 Å². The zero-order chi connectivity index (χ0) is 18.6. The molecule has 7 nitrogen and oxygen atoms in total. The largest absolute Gasteiger partial charge is 0.495 e. The van der Waals surface area contributed by atoms with Crippen LogP contribution in [-0.2, 0) is 0 Å². The van der Waals surface area contributed by atoms with Crippen molar-refractivity contribution in [1.29, 1.82) is 0 Å². The molecule has 0 atom stereocenters. The molecule has 0 amide bonds. The van der Waals surface area contributed by atoms with E-state index in [2.05, 4.69) is 20.6 Å². The van der Waals surface area contributed by atoms with E-state index in [4.69, 9.17) is 25.8 Å². The number of anilines is 4. The van der Waals surface area contributed by atoms with Gasteiger partial charge in [-0.3, -0.25) is 0 Å². The number of nitrogens with zero attached hydrogens (tertiary/aromatic N) is 2. The van der Waals surface area contributed by atoms with Crippen LogP contribution < -0.4 is 24.8 Å². The lowest BCUT2D eigenvalue weighted by Gasteiger charge is -2.19. The van der Waals surface area contributed by atoms with Gasteiger partial charge in [0.15, 0.2) is 11.5 Å². The van der Waals surface area contributed by atoms with Gasteiger partial charge in [0.25, 0.3) is 0 Å². The van der Waals surface area contributed by atoms with E-state index < -0.39 is 0 Å². The predicted molar refractivity (Wildman–Crippen MR) is 104 cm³/mol. The molecule has 27 heavy (non-hydrogen) atoms. The Morgan fingerprint density at radius 2 is 1.85 bits per heavy atom. The summed E-state index contributed by atoms with van der Waals surface area (Å²) in [6.45, 7) is 1.10. The van der Waals surface area contributed by atoms with Crippen LogP contribution in [-0.4, -0.2) is 30.3 Å². The quantitative estimate of drug-likeness (QED) is 0.675. The van der Waals surface area contributed by atoms with Crippen molar-refractivity contribution in [1.82, 2.24) is 9.97 Å². The van der Waals surface area contributed by atoms with E-state index in [1.54, 1.807) is 37.6 Å². The van der Waals surface area contributed by atoms with E-state index in [9.17, 15) is 0 Å². The van der Waals surface area contributed by atoms with Gasteiger partial charge in [0.2, 0.25) is 5.95 Å². The number of nitrogens with one attached hydrogen (secondary N) is 2. The molecule has 0 aliphatic carbocycles.